The lowest BCUT2D eigenvalue weighted by Gasteiger charge is -2.40. The summed E-state index contributed by atoms with van der Waals surface area (Å²) in [6.45, 7) is 14.6. The average molecular weight is 514 g/mol. The van der Waals surface area contributed by atoms with E-state index in [9.17, 15) is 14.0 Å². The van der Waals surface area contributed by atoms with Gasteiger partial charge in [-0.1, -0.05) is 45.9 Å². The van der Waals surface area contributed by atoms with Crippen molar-refractivity contribution in [2.45, 2.75) is 52.5 Å². The molecule has 0 bridgehead atoms. The van der Waals surface area contributed by atoms with E-state index in [1.54, 1.807) is 4.90 Å². The summed E-state index contributed by atoms with van der Waals surface area (Å²) in [5.41, 5.74) is 1.37. The van der Waals surface area contributed by atoms with E-state index in [0.717, 1.165) is 0 Å². The van der Waals surface area contributed by atoms with Gasteiger partial charge in [0, 0.05) is 25.7 Å². The fourth-order valence-corrected chi connectivity index (χ4v) is 4.72. The summed E-state index contributed by atoms with van der Waals surface area (Å²) in [4.78, 5) is 47.0. The quantitative estimate of drug-likeness (QED) is 0.378. The summed E-state index contributed by atoms with van der Waals surface area (Å²) in [6.07, 6.45) is 2.76. The molecule has 1 unspecified atom stereocenters. The van der Waals surface area contributed by atoms with Crippen LogP contribution in [0.5, 0.6) is 0 Å². The van der Waals surface area contributed by atoms with Crippen molar-refractivity contribution in [2.75, 3.05) is 24.5 Å². The first-order valence-electron chi connectivity index (χ1n) is 11.9. The number of aromatic nitrogens is 5. The van der Waals surface area contributed by atoms with Crippen LogP contribution in [0.3, 0.4) is 0 Å². The molecule has 0 aromatic carbocycles. The Kier molecular flexibility index (Phi) is 7.08. The van der Waals surface area contributed by atoms with Crippen LogP contribution in [0.2, 0.25) is 5.15 Å². The first kappa shape index (κ1) is 25.7. The number of amides is 1. The minimum Gasteiger partial charge on any atom is -0.350 e. The van der Waals surface area contributed by atoms with Gasteiger partial charge >= 0.3 is 5.69 Å². The monoisotopic (exact) mass is 513 g/mol. The van der Waals surface area contributed by atoms with Crippen molar-refractivity contribution < 1.29 is 9.18 Å². The second-order valence-corrected chi connectivity index (χ2v) is 9.88. The second-order valence-electron chi connectivity index (χ2n) is 9.52. The largest absolute Gasteiger partial charge is 0.355 e. The number of piperazine rings is 1. The van der Waals surface area contributed by atoms with Gasteiger partial charge < -0.3 is 9.80 Å². The Bertz CT molecular complexity index is 1380. The molecule has 1 amide bonds. The Hall–Kier alpha value is -3.40. The van der Waals surface area contributed by atoms with E-state index >= 15 is 0 Å². The van der Waals surface area contributed by atoms with Crippen molar-refractivity contribution in [1.29, 1.82) is 0 Å². The second kappa shape index (κ2) is 9.93. The van der Waals surface area contributed by atoms with Crippen molar-refractivity contribution >= 4 is 34.4 Å². The minimum atomic E-state index is -0.719. The summed E-state index contributed by atoms with van der Waals surface area (Å²) >= 11 is 6.12. The van der Waals surface area contributed by atoms with Gasteiger partial charge in [0.1, 0.15) is 12.1 Å². The van der Waals surface area contributed by atoms with E-state index in [2.05, 4.69) is 26.5 Å². The van der Waals surface area contributed by atoms with Crippen LogP contribution in [0, 0.1) is 5.82 Å². The summed E-state index contributed by atoms with van der Waals surface area (Å²) in [5, 5.41) is -0.0172. The summed E-state index contributed by atoms with van der Waals surface area (Å²) < 4.78 is 16.1. The normalized spacial score (nSPS) is 16.3. The van der Waals surface area contributed by atoms with Gasteiger partial charge in [-0.05, 0) is 30.9 Å². The molecule has 0 saturated carbocycles. The zero-order valence-electron chi connectivity index (χ0n) is 21.0. The first-order chi connectivity index (χ1) is 17.0. The predicted octanol–water partition coefficient (Wildman–Crippen LogP) is 3.83. The highest BCUT2D eigenvalue weighted by molar-refractivity contribution is 6.30. The fourth-order valence-electron chi connectivity index (χ4n) is 4.59. The van der Waals surface area contributed by atoms with Gasteiger partial charge in [0.05, 0.1) is 22.5 Å². The van der Waals surface area contributed by atoms with Gasteiger partial charge in [0.2, 0.25) is 5.91 Å². The zero-order chi connectivity index (χ0) is 26.3. The van der Waals surface area contributed by atoms with Crippen LogP contribution >= 0.6 is 11.6 Å². The molecule has 0 radical (unpaired) electrons. The number of hydrogen-bond donors (Lipinski definition) is 0. The third-order valence-electron chi connectivity index (χ3n) is 6.34. The number of carbonyl (C=O) groups excluding carboxylic acids is 1. The summed E-state index contributed by atoms with van der Waals surface area (Å²) in [5.74, 6) is -0.660. The zero-order valence-corrected chi connectivity index (χ0v) is 21.8. The molecule has 0 aliphatic carbocycles. The van der Waals surface area contributed by atoms with Gasteiger partial charge in [-0.25, -0.2) is 28.7 Å². The SMILES string of the molecule is C=CC(=O)N1CCN(c2nc(=O)n(-c3c(C(C)C)ncnc3C(C)C)c3nc(Cl)c(F)cc23)C(C)C1. The van der Waals surface area contributed by atoms with Gasteiger partial charge in [0.25, 0.3) is 0 Å². The molecular weight excluding hydrogens is 485 g/mol. The lowest BCUT2D eigenvalue weighted by Crippen LogP contribution is -2.54. The molecule has 36 heavy (non-hydrogen) atoms. The maximum Gasteiger partial charge on any atom is 0.355 e. The van der Waals surface area contributed by atoms with E-state index in [1.807, 2.05) is 39.5 Å². The van der Waals surface area contributed by atoms with Crippen LogP contribution in [0.25, 0.3) is 16.7 Å². The molecule has 190 valence electrons. The van der Waals surface area contributed by atoms with Crippen molar-refractivity contribution in [2.24, 2.45) is 0 Å². The molecule has 1 aliphatic rings. The molecular formula is C25H29ClFN7O2. The first-order valence-corrected chi connectivity index (χ1v) is 12.2. The number of carbonyl (C=O) groups is 1. The molecule has 9 nitrogen and oxygen atoms in total. The van der Waals surface area contributed by atoms with Crippen molar-refractivity contribution in [3.05, 3.63) is 57.9 Å². The van der Waals surface area contributed by atoms with Crippen molar-refractivity contribution in [3.63, 3.8) is 0 Å². The molecule has 0 spiro atoms. The summed E-state index contributed by atoms with van der Waals surface area (Å²) in [7, 11) is 0. The fraction of sp³-hybridized carbons (Fsp3) is 0.440. The molecule has 4 heterocycles. The molecule has 4 rings (SSSR count). The number of rotatable bonds is 5. The molecule has 1 atom stereocenters. The van der Waals surface area contributed by atoms with E-state index in [4.69, 9.17) is 11.6 Å². The Balaban J connectivity index is 2.00. The van der Waals surface area contributed by atoms with Crippen LogP contribution in [0.1, 0.15) is 57.8 Å². The number of pyridine rings is 1. The lowest BCUT2D eigenvalue weighted by molar-refractivity contribution is -0.126. The highest BCUT2D eigenvalue weighted by Gasteiger charge is 2.31. The number of fused-ring (bicyclic) bond motifs is 1. The van der Waals surface area contributed by atoms with Crippen molar-refractivity contribution in [1.82, 2.24) is 29.4 Å². The Morgan fingerprint density at radius 1 is 1.17 bits per heavy atom. The number of nitrogens with zero attached hydrogens (tertiary/aromatic N) is 7. The maximum absolute atomic E-state index is 14.7. The predicted molar refractivity (Wildman–Crippen MR) is 137 cm³/mol. The molecule has 3 aromatic rings. The van der Waals surface area contributed by atoms with E-state index < -0.39 is 11.5 Å². The van der Waals surface area contributed by atoms with E-state index in [0.29, 0.717) is 47.9 Å². The minimum absolute atomic E-state index is 0.0338. The molecule has 11 heteroatoms. The van der Waals surface area contributed by atoms with Crippen molar-refractivity contribution in [3.8, 4) is 5.69 Å². The molecule has 1 aliphatic heterocycles. The average Bonchev–Trinajstić information content (AvgIpc) is 2.83. The van der Waals surface area contributed by atoms with Gasteiger partial charge in [-0.2, -0.15) is 4.98 Å². The third-order valence-corrected chi connectivity index (χ3v) is 6.61. The number of hydrogen-bond acceptors (Lipinski definition) is 7. The van der Waals surface area contributed by atoms with E-state index in [1.165, 1.54) is 23.0 Å². The molecule has 1 fully saturated rings. The number of halogens is 2. The van der Waals surface area contributed by atoms with Crippen LogP contribution < -0.4 is 10.6 Å². The Labute approximate surface area is 213 Å². The third kappa shape index (κ3) is 4.45. The Morgan fingerprint density at radius 3 is 2.36 bits per heavy atom. The van der Waals surface area contributed by atoms with Gasteiger partial charge in [0.15, 0.2) is 16.6 Å². The maximum atomic E-state index is 14.7. The smallest absolute Gasteiger partial charge is 0.350 e. The highest BCUT2D eigenvalue weighted by Crippen LogP contribution is 2.33. The van der Waals surface area contributed by atoms with Crippen LogP contribution in [-0.4, -0.2) is 61.0 Å². The van der Waals surface area contributed by atoms with Crippen LogP contribution in [-0.2, 0) is 4.79 Å². The summed E-state index contributed by atoms with van der Waals surface area (Å²) in [6, 6.07) is 1.06. The standard InChI is InChI=1S/C25H29ClFN7O2/c1-7-18(35)32-8-9-33(15(6)11-32)23-16-10-17(27)22(26)30-24(16)34(25(36)31-23)21-19(13(2)3)28-12-29-20(21)14(4)5/h7,10,12-15H,1,8-9,11H2,2-6H3. The number of anilines is 1. The topological polar surface area (TPSA) is 97.1 Å². The molecule has 3 aromatic heterocycles. The lowest BCUT2D eigenvalue weighted by atomic mass is 10.0. The Morgan fingerprint density at radius 2 is 1.81 bits per heavy atom. The van der Waals surface area contributed by atoms with Crippen LogP contribution in [0.4, 0.5) is 10.2 Å². The highest BCUT2D eigenvalue weighted by atomic mass is 35.5. The van der Waals surface area contributed by atoms with Gasteiger partial charge in [-0.15, -0.1) is 0 Å². The molecule has 1 saturated heterocycles. The van der Waals surface area contributed by atoms with Crippen LogP contribution in [0.15, 0.2) is 29.8 Å². The molecule has 0 N–H and O–H groups in total. The van der Waals surface area contributed by atoms with E-state index in [-0.39, 0.29) is 34.6 Å². The van der Waals surface area contributed by atoms with Gasteiger partial charge in [-0.3, -0.25) is 4.79 Å².